The van der Waals surface area contributed by atoms with Gasteiger partial charge in [0.25, 0.3) is 0 Å². The van der Waals surface area contributed by atoms with E-state index in [1.165, 1.54) is 0 Å². The largest absolute Gasteiger partial charge is 0.448 e. The van der Waals surface area contributed by atoms with Gasteiger partial charge < -0.3 is 14.3 Å². The van der Waals surface area contributed by atoms with Gasteiger partial charge in [-0.1, -0.05) is 5.16 Å². The molecule has 0 amide bonds. The van der Waals surface area contributed by atoms with E-state index in [2.05, 4.69) is 10.5 Å². The fraction of sp³-hybridized carbons (Fsp3) is 0.125. The van der Waals surface area contributed by atoms with Crippen molar-refractivity contribution in [1.29, 1.82) is 0 Å². The minimum Gasteiger partial charge on any atom is -0.448 e. The molecule has 0 atom stereocenters. The van der Waals surface area contributed by atoms with Gasteiger partial charge in [0.1, 0.15) is 0 Å². The lowest BCUT2D eigenvalue weighted by atomic mass is 10.1. The Morgan fingerprint density at radius 2 is 2.50 bits per heavy atom. The lowest BCUT2D eigenvalue weighted by molar-refractivity contribution is 0.430. The molecule has 1 aliphatic heterocycles. The number of hydrogen-bond donors (Lipinski definition) is 1. The molecule has 4 nitrogen and oxygen atoms in total. The van der Waals surface area contributed by atoms with Crippen molar-refractivity contribution in [2.75, 3.05) is 5.32 Å². The summed E-state index contributed by atoms with van der Waals surface area (Å²) in [4.78, 5) is 0. The second kappa shape index (κ2) is 1.91. The Labute approximate surface area is 68.2 Å². The van der Waals surface area contributed by atoms with Crippen LogP contribution < -0.4 is 5.32 Å². The molecule has 2 aromatic heterocycles. The van der Waals surface area contributed by atoms with Crippen LogP contribution in [0, 0.1) is 0 Å². The van der Waals surface area contributed by atoms with Crippen molar-refractivity contribution < 1.29 is 8.94 Å². The molecule has 1 N–H and O–H groups in total. The van der Waals surface area contributed by atoms with Gasteiger partial charge in [0, 0.05) is 12.1 Å². The molecule has 12 heavy (non-hydrogen) atoms. The summed E-state index contributed by atoms with van der Waals surface area (Å²) in [5.41, 5.74) is 2.03. The first kappa shape index (κ1) is 5.88. The molecule has 0 aliphatic carbocycles. The van der Waals surface area contributed by atoms with E-state index in [-0.39, 0.29) is 0 Å². The summed E-state index contributed by atoms with van der Waals surface area (Å²) in [5.74, 6) is 1.58. The van der Waals surface area contributed by atoms with Crippen molar-refractivity contribution in [2.24, 2.45) is 0 Å². The van der Waals surface area contributed by atoms with Gasteiger partial charge in [-0.25, -0.2) is 0 Å². The highest BCUT2D eigenvalue weighted by atomic mass is 16.5. The molecule has 0 aromatic carbocycles. The Morgan fingerprint density at radius 1 is 1.50 bits per heavy atom. The number of nitrogens with one attached hydrogen (secondary N) is 1. The molecule has 0 radical (unpaired) electrons. The van der Waals surface area contributed by atoms with E-state index >= 15 is 0 Å². The van der Waals surface area contributed by atoms with Gasteiger partial charge in [-0.15, -0.1) is 0 Å². The maximum Gasteiger partial charge on any atom is 0.204 e. The van der Waals surface area contributed by atoms with E-state index in [1.807, 2.05) is 6.07 Å². The fourth-order valence-corrected chi connectivity index (χ4v) is 1.41. The van der Waals surface area contributed by atoms with E-state index in [1.54, 1.807) is 12.5 Å². The van der Waals surface area contributed by atoms with Crippen LogP contribution in [0.3, 0.4) is 0 Å². The summed E-state index contributed by atoms with van der Waals surface area (Å²) < 4.78 is 10.3. The predicted octanol–water partition coefficient (Wildman–Crippen LogP) is 1.86. The van der Waals surface area contributed by atoms with Crippen LogP contribution in [0.15, 0.2) is 27.5 Å². The molecule has 0 saturated carbocycles. The molecular formula is C8H6N2O2. The Morgan fingerprint density at radius 3 is 3.50 bits per heavy atom. The monoisotopic (exact) mass is 162 g/mol. The third-order valence-electron chi connectivity index (χ3n) is 1.99. The summed E-state index contributed by atoms with van der Waals surface area (Å²) in [5, 5.41) is 6.84. The Balaban J connectivity index is 2.32. The van der Waals surface area contributed by atoms with Gasteiger partial charge in [0.15, 0.2) is 5.76 Å². The van der Waals surface area contributed by atoms with Crippen molar-refractivity contribution >= 4 is 5.88 Å². The van der Waals surface area contributed by atoms with Crippen molar-refractivity contribution in [3.8, 4) is 11.3 Å². The first-order chi connectivity index (χ1) is 5.95. The first-order valence-corrected chi connectivity index (χ1v) is 3.70. The van der Waals surface area contributed by atoms with E-state index in [4.69, 9.17) is 8.94 Å². The molecular weight excluding hydrogens is 156 g/mol. The van der Waals surface area contributed by atoms with E-state index < -0.39 is 0 Å². The smallest absolute Gasteiger partial charge is 0.204 e. The fourth-order valence-electron chi connectivity index (χ4n) is 1.41. The van der Waals surface area contributed by atoms with E-state index in [0.29, 0.717) is 0 Å². The van der Waals surface area contributed by atoms with Crippen LogP contribution in [0.1, 0.15) is 5.56 Å². The Kier molecular flexibility index (Phi) is 0.935. The number of hydrogen-bond acceptors (Lipinski definition) is 4. The lowest BCUT2D eigenvalue weighted by Crippen LogP contribution is -2.04. The van der Waals surface area contributed by atoms with Crippen LogP contribution in [0.2, 0.25) is 0 Å². The molecule has 3 rings (SSSR count). The maximum atomic E-state index is 5.18. The number of anilines is 1. The molecule has 0 bridgehead atoms. The van der Waals surface area contributed by atoms with Crippen LogP contribution >= 0.6 is 0 Å². The highest BCUT2D eigenvalue weighted by Gasteiger charge is 2.21. The highest BCUT2D eigenvalue weighted by Crippen LogP contribution is 2.35. The summed E-state index contributed by atoms with van der Waals surface area (Å²) in [6, 6.07) is 1.87. The van der Waals surface area contributed by atoms with Gasteiger partial charge in [-0.2, -0.15) is 0 Å². The second-order valence-corrected chi connectivity index (χ2v) is 2.70. The molecule has 0 fully saturated rings. The third-order valence-corrected chi connectivity index (χ3v) is 1.99. The van der Waals surface area contributed by atoms with Gasteiger partial charge in [-0.3, -0.25) is 0 Å². The number of aromatic nitrogens is 1. The number of nitrogens with zero attached hydrogens (tertiary/aromatic N) is 1. The molecule has 60 valence electrons. The quantitative estimate of drug-likeness (QED) is 0.642. The predicted molar refractivity (Wildman–Crippen MR) is 41.5 cm³/mol. The van der Waals surface area contributed by atoms with Crippen molar-refractivity contribution in [3.05, 3.63) is 24.1 Å². The van der Waals surface area contributed by atoms with Crippen molar-refractivity contribution in [2.45, 2.75) is 6.54 Å². The number of fused-ring (bicyclic) bond motifs is 3. The van der Waals surface area contributed by atoms with E-state index in [9.17, 15) is 0 Å². The minimum atomic E-state index is 0.722. The summed E-state index contributed by atoms with van der Waals surface area (Å²) >= 11 is 0. The summed E-state index contributed by atoms with van der Waals surface area (Å²) in [6.07, 6.45) is 3.35. The van der Waals surface area contributed by atoms with Crippen molar-refractivity contribution in [3.63, 3.8) is 0 Å². The third kappa shape index (κ3) is 0.592. The molecule has 4 heteroatoms. The van der Waals surface area contributed by atoms with Crippen LogP contribution in [0.25, 0.3) is 11.3 Å². The average Bonchev–Trinajstić information content (AvgIpc) is 2.71. The first-order valence-electron chi connectivity index (χ1n) is 3.70. The molecule has 3 heterocycles. The van der Waals surface area contributed by atoms with Crippen LogP contribution in [0.5, 0.6) is 0 Å². The zero-order chi connectivity index (χ0) is 7.97. The summed E-state index contributed by atoms with van der Waals surface area (Å²) in [6.45, 7) is 0.722. The average molecular weight is 162 g/mol. The minimum absolute atomic E-state index is 0.722. The van der Waals surface area contributed by atoms with Gasteiger partial charge in [0.2, 0.25) is 5.88 Å². The standard InChI is InChI=1S/C8H6N2O2/c1-2-11-8-6(1)7-5(3-9-8)4-10-12-7/h1-2,4,9H,3H2. The zero-order valence-corrected chi connectivity index (χ0v) is 6.20. The summed E-state index contributed by atoms with van der Waals surface area (Å²) in [7, 11) is 0. The van der Waals surface area contributed by atoms with Gasteiger partial charge in [-0.05, 0) is 6.07 Å². The Hall–Kier alpha value is -1.71. The van der Waals surface area contributed by atoms with Crippen LogP contribution in [-0.2, 0) is 6.54 Å². The molecule has 0 unspecified atom stereocenters. The maximum absolute atomic E-state index is 5.18. The zero-order valence-electron chi connectivity index (χ0n) is 6.20. The Bertz CT molecular complexity index is 376. The molecule has 0 saturated heterocycles. The topological polar surface area (TPSA) is 51.2 Å². The SMILES string of the molecule is c1cc2c(o1)NCc1cnoc1-2. The molecule has 1 aliphatic rings. The second-order valence-electron chi connectivity index (χ2n) is 2.70. The highest BCUT2D eigenvalue weighted by molar-refractivity contribution is 5.75. The van der Waals surface area contributed by atoms with E-state index in [0.717, 1.165) is 29.3 Å². The molecule has 2 aromatic rings. The van der Waals surface area contributed by atoms with Crippen LogP contribution in [0.4, 0.5) is 5.88 Å². The number of furan rings is 1. The van der Waals surface area contributed by atoms with Crippen molar-refractivity contribution in [1.82, 2.24) is 5.16 Å². The van der Waals surface area contributed by atoms with Crippen LogP contribution in [-0.4, -0.2) is 5.16 Å². The van der Waals surface area contributed by atoms with Gasteiger partial charge >= 0.3 is 0 Å². The lowest BCUT2D eigenvalue weighted by Gasteiger charge is -2.09. The normalized spacial score (nSPS) is 13.3. The number of rotatable bonds is 0. The van der Waals surface area contributed by atoms with Gasteiger partial charge in [0.05, 0.1) is 18.0 Å². The molecule has 0 spiro atoms.